The van der Waals surface area contributed by atoms with Crippen LogP contribution >= 0.6 is 0 Å². The summed E-state index contributed by atoms with van der Waals surface area (Å²) in [6, 6.07) is 0. The summed E-state index contributed by atoms with van der Waals surface area (Å²) < 4.78 is 4.80. The summed E-state index contributed by atoms with van der Waals surface area (Å²) in [6.45, 7) is 27.2. The largest absolute Gasteiger partial charge is 0.460 e. The molecular weight excluding hydrogens is 264 g/mol. The van der Waals surface area contributed by atoms with E-state index in [0.717, 1.165) is 0 Å². The first-order chi connectivity index (χ1) is 8.88. The van der Waals surface area contributed by atoms with Crippen molar-refractivity contribution in [2.24, 2.45) is 0 Å². The summed E-state index contributed by atoms with van der Waals surface area (Å²) in [7, 11) is 0. The highest BCUT2D eigenvalue weighted by Crippen LogP contribution is 2.05. The lowest BCUT2D eigenvalue weighted by Crippen LogP contribution is -2.21. The molecule has 0 aromatic rings. The third-order valence-electron chi connectivity index (χ3n) is 0.450. The van der Waals surface area contributed by atoms with Crippen molar-refractivity contribution in [3.8, 4) is 0 Å². The lowest BCUT2D eigenvalue weighted by molar-refractivity contribution is -0.151. The van der Waals surface area contributed by atoms with Crippen LogP contribution in [-0.4, -0.2) is 22.3 Å². The third-order valence-corrected chi connectivity index (χ3v) is 0.450. The van der Waals surface area contributed by atoms with E-state index in [1.165, 1.54) is 18.1 Å². The molecule has 3 heteroatoms. The minimum absolute atomic E-state index is 0.225. The summed E-state index contributed by atoms with van der Waals surface area (Å²) in [5.74, 6) is -0.225. The van der Waals surface area contributed by atoms with Crippen LogP contribution in [0.2, 0.25) is 0 Å². The molecule has 0 aromatic carbocycles. The maximum atomic E-state index is 10.2. The van der Waals surface area contributed by atoms with Gasteiger partial charge in [-0.1, -0.05) is 11.1 Å². The van der Waals surface area contributed by atoms with Crippen molar-refractivity contribution >= 4 is 5.97 Å². The lowest BCUT2D eigenvalue weighted by atomic mass is 10.2. The number of ether oxygens (including phenoxy) is 1. The molecule has 0 aliphatic carbocycles. The van der Waals surface area contributed by atoms with Gasteiger partial charge in [0.2, 0.25) is 0 Å². The number of esters is 1. The average Bonchev–Trinajstić information content (AvgIpc) is 1.89. The summed E-state index contributed by atoms with van der Waals surface area (Å²) in [4.78, 5) is 10.2. The quantitative estimate of drug-likeness (QED) is 0.488. The molecule has 0 aromatic heterocycles. The zero-order valence-corrected chi connectivity index (χ0v) is 16.2. The molecule has 1 N–H and O–H groups in total. The zero-order valence-electron chi connectivity index (χ0n) is 16.2. The van der Waals surface area contributed by atoms with E-state index < -0.39 is 5.60 Å². The monoisotopic (exact) mass is 302 g/mol. The second-order valence-electron chi connectivity index (χ2n) is 7.29. The minimum Gasteiger partial charge on any atom is -0.460 e. The minimum atomic E-state index is -0.500. The Kier molecular flexibility index (Phi) is 18.6. The fourth-order valence-electron chi connectivity index (χ4n) is 0.431. The normalized spacial score (nSPS) is 9.52. The summed E-state index contributed by atoms with van der Waals surface area (Å²) in [5.41, 5.74) is 1.51. The van der Waals surface area contributed by atoms with E-state index in [0.29, 0.717) is 0 Å². The standard InChI is InChI=1S/C6H12O2.C4H10O.2C4H8/c1-5(7)8-6(2,3)4;1-4(2,3)5;2*1-4(2)3/h1-4H3;5H,1-3H3;2*1H2,2-3H3. The highest BCUT2D eigenvalue weighted by molar-refractivity contribution is 5.66. The van der Waals surface area contributed by atoms with Crippen LogP contribution in [0, 0.1) is 0 Å². The molecular formula is C18H38O3. The van der Waals surface area contributed by atoms with Crippen molar-refractivity contribution in [3.63, 3.8) is 0 Å². The van der Waals surface area contributed by atoms with Gasteiger partial charge in [-0.25, -0.2) is 0 Å². The van der Waals surface area contributed by atoms with Crippen LogP contribution in [0.15, 0.2) is 24.3 Å². The van der Waals surface area contributed by atoms with E-state index in [1.54, 1.807) is 20.8 Å². The van der Waals surface area contributed by atoms with Crippen molar-refractivity contribution in [3.05, 3.63) is 24.3 Å². The Labute approximate surface area is 133 Å². The van der Waals surface area contributed by atoms with Crippen molar-refractivity contribution in [1.82, 2.24) is 0 Å². The van der Waals surface area contributed by atoms with Crippen molar-refractivity contribution < 1.29 is 14.6 Å². The number of allylic oxidation sites excluding steroid dienone is 2. The summed E-state index contributed by atoms with van der Waals surface area (Å²) in [6.07, 6.45) is 0. The second-order valence-corrected chi connectivity index (χ2v) is 7.29. The molecule has 0 fully saturated rings. The third kappa shape index (κ3) is 354. The van der Waals surface area contributed by atoms with Gasteiger partial charge in [0.1, 0.15) is 5.60 Å². The molecule has 21 heavy (non-hydrogen) atoms. The highest BCUT2D eigenvalue weighted by Gasteiger charge is 2.11. The molecule has 0 radical (unpaired) electrons. The van der Waals surface area contributed by atoms with E-state index >= 15 is 0 Å². The van der Waals surface area contributed by atoms with Gasteiger partial charge in [0, 0.05) is 6.92 Å². The molecule has 0 amide bonds. The van der Waals surface area contributed by atoms with E-state index in [2.05, 4.69) is 13.2 Å². The first kappa shape index (κ1) is 28.1. The van der Waals surface area contributed by atoms with E-state index in [4.69, 9.17) is 9.84 Å². The molecule has 0 bridgehead atoms. The van der Waals surface area contributed by atoms with E-state index in [9.17, 15) is 4.79 Å². The van der Waals surface area contributed by atoms with Crippen LogP contribution in [-0.2, 0) is 9.53 Å². The Bertz CT molecular complexity index is 263. The summed E-state index contributed by atoms with van der Waals surface area (Å²) >= 11 is 0. The number of carbonyl (C=O) groups is 1. The van der Waals surface area contributed by atoms with Crippen molar-refractivity contribution in [1.29, 1.82) is 0 Å². The first-order valence-electron chi connectivity index (χ1n) is 7.04. The van der Waals surface area contributed by atoms with Gasteiger partial charge in [-0.05, 0) is 69.2 Å². The van der Waals surface area contributed by atoms with Gasteiger partial charge in [0.15, 0.2) is 0 Å². The maximum Gasteiger partial charge on any atom is 0.303 e. The van der Waals surface area contributed by atoms with E-state index in [1.807, 2.05) is 48.5 Å². The van der Waals surface area contributed by atoms with Gasteiger partial charge in [-0.2, -0.15) is 0 Å². The lowest BCUT2D eigenvalue weighted by Gasteiger charge is -2.17. The van der Waals surface area contributed by atoms with Gasteiger partial charge in [-0.15, -0.1) is 13.2 Å². The molecule has 0 aliphatic rings. The molecule has 0 saturated carbocycles. The van der Waals surface area contributed by atoms with Crippen LogP contribution in [0.4, 0.5) is 0 Å². The molecule has 0 unspecified atom stereocenters. The molecule has 0 atom stereocenters. The molecule has 3 nitrogen and oxygen atoms in total. The van der Waals surface area contributed by atoms with E-state index in [-0.39, 0.29) is 11.6 Å². The van der Waals surface area contributed by atoms with Crippen molar-refractivity contribution in [2.45, 2.75) is 87.4 Å². The number of aliphatic hydroxyl groups is 1. The maximum absolute atomic E-state index is 10.2. The molecule has 0 saturated heterocycles. The molecule has 0 heterocycles. The Morgan fingerprint density at radius 2 is 0.952 bits per heavy atom. The van der Waals surface area contributed by atoms with Gasteiger partial charge in [-0.3, -0.25) is 4.79 Å². The molecule has 0 rings (SSSR count). The first-order valence-corrected chi connectivity index (χ1v) is 7.04. The van der Waals surface area contributed by atoms with Gasteiger partial charge < -0.3 is 9.84 Å². The second kappa shape index (κ2) is 13.9. The van der Waals surface area contributed by atoms with Crippen LogP contribution in [0.5, 0.6) is 0 Å². The average molecular weight is 302 g/mol. The van der Waals surface area contributed by atoms with Crippen molar-refractivity contribution in [2.75, 3.05) is 0 Å². The topological polar surface area (TPSA) is 46.5 Å². The van der Waals surface area contributed by atoms with Crippen LogP contribution < -0.4 is 0 Å². The Morgan fingerprint density at radius 3 is 0.952 bits per heavy atom. The van der Waals surface area contributed by atoms with Crippen LogP contribution in [0.3, 0.4) is 0 Å². The Morgan fingerprint density at radius 1 is 0.810 bits per heavy atom. The highest BCUT2D eigenvalue weighted by atomic mass is 16.6. The smallest absolute Gasteiger partial charge is 0.303 e. The number of rotatable bonds is 0. The Hall–Kier alpha value is -1.09. The molecule has 0 spiro atoms. The fourth-order valence-corrected chi connectivity index (χ4v) is 0.431. The zero-order chi connectivity index (χ0) is 18.4. The molecule has 0 aliphatic heterocycles. The number of carbonyl (C=O) groups excluding carboxylic acids is 1. The fraction of sp³-hybridized carbons (Fsp3) is 0.722. The number of hydrogen-bond donors (Lipinski definition) is 1. The molecule has 128 valence electrons. The van der Waals surface area contributed by atoms with Crippen LogP contribution in [0.1, 0.15) is 76.2 Å². The SMILES string of the molecule is C=C(C)C.C=C(C)C.CC(=O)OC(C)(C)C.CC(C)(C)O. The summed E-state index contributed by atoms with van der Waals surface area (Å²) in [5, 5.41) is 8.52. The van der Waals surface area contributed by atoms with Gasteiger partial charge in [0.05, 0.1) is 5.60 Å². The number of hydrogen-bond acceptors (Lipinski definition) is 3. The van der Waals surface area contributed by atoms with Gasteiger partial charge >= 0.3 is 5.97 Å². The predicted molar refractivity (Wildman–Crippen MR) is 94.5 cm³/mol. The van der Waals surface area contributed by atoms with Gasteiger partial charge in [0.25, 0.3) is 0 Å². The predicted octanol–water partition coefficient (Wildman–Crippen LogP) is 5.29. The Balaban J connectivity index is -0.0000000970. The van der Waals surface area contributed by atoms with Crippen LogP contribution in [0.25, 0.3) is 0 Å².